The summed E-state index contributed by atoms with van der Waals surface area (Å²) in [6.07, 6.45) is 0. The molecule has 0 saturated heterocycles. The van der Waals surface area contributed by atoms with Gasteiger partial charge in [-0.15, -0.1) is 10.2 Å². The van der Waals surface area contributed by atoms with Crippen molar-refractivity contribution in [1.29, 1.82) is 0 Å². The summed E-state index contributed by atoms with van der Waals surface area (Å²) in [7, 11) is 1.55. The number of hydrogen-bond donors (Lipinski definition) is 1. The van der Waals surface area contributed by atoms with E-state index in [1.165, 1.54) is 0 Å². The van der Waals surface area contributed by atoms with E-state index in [1.807, 2.05) is 30.3 Å². The van der Waals surface area contributed by atoms with Crippen LogP contribution in [0.5, 0.6) is 5.75 Å². The van der Waals surface area contributed by atoms with Crippen LogP contribution in [0.3, 0.4) is 0 Å². The molecule has 3 rings (SSSR count). The molecule has 96 valence electrons. The Bertz CT molecular complexity index is 722. The molecule has 0 aliphatic rings. The van der Waals surface area contributed by atoms with Crippen LogP contribution in [0.2, 0.25) is 0 Å². The zero-order valence-electron chi connectivity index (χ0n) is 10.3. The summed E-state index contributed by atoms with van der Waals surface area (Å²) >= 11 is 0. The van der Waals surface area contributed by atoms with Crippen molar-refractivity contribution in [1.82, 2.24) is 10.2 Å². The fraction of sp³-hybridized carbons (Fsp3) is 0.143. The fourth-order valence-corrected chi connectivity index (χ4v) is 1.94. The van der Waals surface area contributed by atoms with Crippen LogP contribution in [0.4, 0.5) is 0 Å². The lowest BCUT2D eigenvalue weighted by Crippen LogP contribution is -1.85. The molecule has 0 spiro atoms. The third-order valence-electron chi connectivity index (χ3n) is 2.83. The van der Waals surface area contributed by atoms with Crippen molar-refractivity contribution in [2.24, 2.45) is 0 Å². The van der Waals surface area contributed by atoms with E-state index in [4.69, 9.17) is 9.15 Å². The van der Waals surface area contributed by atoms with Crippen LogP contribution in [0, 0.1) is 0 Å². The van der Waals surface area contributed by atoms with E-state index in [9.17, 15) is 5.11 Å². The maximum Gasteiger partial charge on any atom is 0.251 e. The molecule has 0 aliphatic carbocycles. The van der Waals surface area contributed by atoms with E-state index < -0.39 is 0 Å². The van der Waals surface area contributed by atoms with Crippen molar-refractivity contribution < 1.29 is 14.3 Å². The number of aromatic hydroxyl groups is 1. The first-order valence-corrected chi connectivity index (χ1v) is 5.81. The van der Waals surface area contributed by atoms with Gasteiger partial charge < -0.3 is 14.3 Å². The Morgan fingerprint density at radius 2 is 1.89 bits per heavy atom. The van der Waals surface area contributed by atoms with Gasteiger partial charge in [-0.3, -0.25) is 0 Å². The third-order valence-corrected chi connectivity index (χ3v) is 2.83. The van der Waals surface area contributed by atoms with Crippen molar-refractivity contribution in [3.05, 3.63) is 42.3 Å². The predicted octanol–water partition coefficient (Wildman–Crippen LogP) is 2.74. The second kappa shape index (κ2) is 4.70. The summed E-state index contributed by atoms with van der Waals surface area (Å²) in [5.41, 5.74) is 0.522. The van der Waals surface area contributed by atoms with Crippen molar-refractivity contribution in [2.75, 3.05) is 7.11 Å². The molecule has 19 heavy (non-hydrogen) atoms. The highest BCUT2D eigenvalue weighted by molar-refractivity contribution is 5.89. The van der Waals surface area contributed by atoms with Gasteiger partial charge in [0.1, 0.15) is 12.4 Å². The minimum Gasteiger partial charge on any atom is -0.507 e. The maximum absolute atomic E-state index is 10.0. The van der Waals surface area contributed by atoms with Gasteiger partial charge in [0.2, 0.25) is 5.89 Å². The van der Waals surface area contributed by atoms with Gasteiger partial charge in [-0.2, -0.15) is 0 Å². The molecule has 0 radical (unpaired) electrons. The molecule has 0 bridgehead atoms. The van der Waals surface area contributed by atoms with Crippen LogP contribution in [-0.2, 0) is 11.3 Å². The van der Waals surface area contributed by atoms with Gasteiger partial charge in [0.05, 0.1) is 5.56 Å². The van der Waals surface area contributed by atoms with Crippen molar-refractivity contribution in [3.63, 3.8) is 0 Å². The van der Waals surface area contributed by atoms with Crippen molar-refractivity contribution >= 4 is 10.8 Å². The number of ether oxygens (including phenoxy) is 1. The van der Waals surface area contributed by atoms with Gasteiger partial charge in [0.15, 0.2) is 0 Å². The van der Waals surface area contributed by atoms with Gasteiger partial charge in [0, 0.05) is 7.11 Å². The van der Waals surface area contributed by atoms with Crippen LogP contribution in [0.25, 0.3) is 22.2 Å². The third kappa shape index (κ3) is 2.15. The first-order valence-electron chi connectivity index (χ1n) is 5.81. The molecule has 0 unspecified atom stereocenters. The minimum absolute atomic E-state index is 0.117. The number of methoxy groups -OCH3 is 1. The van der Waals surface area contributed by atoms with Crippen LogP contribution in [-0.4, -0.2) is 22.4 Å². The number of hydrogen-bond acceptors (Lipinski definition) is 5. The SMILES string of the molecule is COCc1nnc(-c2cc3ccccc3cc2O)o1. The number of phenols is 1. The maximum atomic E-state index is 10.0. The van der Waals surface area contributed by atoms with Gasteiger partial charge >= 0.3 is 0 Å². The number of rotatable bonds is 3. The zero-order valence-corrected chi connectivity index (χ0v) is 10.3. The highest BCUT2D eigenvalue weighted by Crippen LogP contribution is 2.32. The second-order valence-corrected chi connectivity index (χ2v) is 4.15. The summed E-state index contributed by atoms with van der Waals surface area (Å²) in [6.45, 7) is 0.251. The quantitative estimate of drug-likeness (QED) is 0.780. The van der Waals surface area contributed by atoms with Crippen molar-refractivity contribution in [2.45, 2.75) is 6.61 Å². The zero-order chi connectivity index (χ0) is 13.2. The Morgan fingerprint density at radius 3 is 2.63 bits per heavy atom. The number of fused-ring (bicyclic) bond motifs is 1. The lowest BCUT2D eigenvalue weighted by atomic mass is 10.1. The van der Waals surface area contributed by atoms with E-state index in [1.54, 1.807) is 13.2 Å². The molecule has 1 heterocycles. The smallest absolute Gasteiger partial charge is 0.251 e. The molecule has 0 fully saturated rings. The summed E-state index contributed by atoms with van der Waals surface area (Å²) in [4.78, 5) is 0. The molecule has 5 nitrogen and oxygen atoms in total. The van der Waals surface area contributed by atoms with E-state index in [2.05, 4.69) is 10.2 Å². The Balaban J connectivity index is 2.10. The van der Waals surface area contributed by atoms with E-state index in [-0.39, 0.29) is 18.2 Å². The van der Waals surface area contributed by atoms with Gasteiger partial charge in [-0.1, -0.05) is 24.3 Å². The van der Waals surface area contributed by atoms with E-state index in [0.29, 0.717) is 11.5 Å². The lowest BCUT2D eigenvalue weighted by molar-refractivity contribution is 0.160. The highest BCUT2D eigenvalue weighted by atomic mass is 16.5. The molecule has 1 aromatic heterocycles. The van der Waals surface area contributed by atoms with Gasteiger partial charge in [0.25, 0.3) is 5.89 Å². The Labute approximate surface area is 109 Å². The first-order chi connectivity index (χ1) is 9.28. The Hall–Kier alpha value is -2.40. The second-order valence-electron chi connectivity index (χ2n) is 4.15. The first kappa shape index (κ1) is 11.7. The normalized spacial score (nSPS) is 11.0. The average Bonchev–Trinajstić information content (AvgIpc) is 2.87. The molecule has 0 amide bonds. The average molecular weight is 256 g/mol. The fourth-order valence-electron chi connectivity index (χ4n) is 1.94. The molecule has 2 aromatic carbocycles. The molecule has 0 aliphatic heterocycles. The molecular formula is C14H12N2O3. The Morgan fingerprint density at radius 1 is 1.16 bits per heavy atom. The van der Waals surface area contributed by atoms with Gasteiger partial charge in [-0.05, 0) is 22.9 Å². The van der Waals surface area contributed by atoms with Crippen LogP contribution in [0.1, 0.15) is 5.89 Å². The van der Waals surface area contributed by atoms with Crippen LogP contribution in [0.15, 0.2) is 40.8 Å². The minimum atomic E-state index is 0.117. The number of benzene rings is 2. The van der Waals surface area contributed by atoms with Gasteiger partial charge in [-0.25, -0.2) is 0 Å². The number of phenolic OH excluding ortho intramolecular Hbond substituents is 1. The summed E-state index contributed by atoms with van der Waals surface area (Å²) < 4.78 is 10.4. The molecule has 0 atom stereocenters. The van der Waals surface area contributed by atoms with Crippen molar-refractivity contribution in [3.8, 4) is 17.2 Å². The van der Waals surface area contributed by atoms with Crippen LogP contribution >= 0.6 is 0 Å². The molecule has 5 heteroatoms. The molecular weight excluding hydrogens is 244 g/mol. The Kier molecular flexibility index (Phi) is 2.89. The summed E-state index contributed by atoms with van der Waals surface area (Å²) in [6, 6.07) is 11.3. The molecule has 1 N–H and O–H groups in total. The van der Waals surface area contributed by atoms with E-state index >= 15 is 0 Å². The van der Waals surface area contributed by atoms with E-state index in [0.717, 1.165) is 10.8 Å². The molecule has 0 saturated carbocycles. The molecule has 3 aromatic rings. The summed E-state index contributed by atoms with van der Waals surface area (Å²) in [5.74, 6) is 0.784. The number of aromatic nitrogens is 2. The monoisotopic (exact) mass is 256 g/mol. The van der Waals surface area contributed by atoms with Crippen LogP contribution < -0.4 is 0 Å². The topological polar surface area (TPSA) is 68.4 Å². The number of nitrogens with zero attached hydrogens (tertiary/aromatic N) is 2. The lowest BCUT2D eigenvalue weighted by Gasteiger charge is -2.03. The standard InChI is InChI=1S/C14H12N2O3/c1-18-8-13-15-16-14(19-13)11-6-9-4-2-3-5-10(9)7-12(11)17/h2-7,17H,8H2,1H3. The summed E-state index contributed by atoms with van der Waals surface area (Å²) in [5, 5.41) is 19.8. The highest BCUT2D eigenvalue weighted by Gasteiger charge is 2.13. The largest absolute Gasteiger partial charge is 0.507 e. The predicted molar refractivity (Wildman–Crippen MR) is 69.6 cm³/mol.